The molecule has 0 amide bonds. The van der Waals surface area contributed by atoms with Crippen LogP contribution in [0, 0.1) is 11.8 Å². The number of hydrogen-bond donors (Lipinski definition) is 1. The summed E-state index contributed by atoms with van der Waals surface area (Å²) < 4.78 is 51.7. The van der Waals surface area contributed by atoms with Crippen LogP contribution >= 0.6 is 0 Å². The van der Waals surface area contributed by atoms with Crippen LogP contribution in [0.4, 0.5) is 0 Å². The van der Waals surface area contributed by atoms with Gasteiger partial charge < -0.3 is 10.0 Å². The first-order valence-electron chi connectivity index (χ1n) is 13.4. The van der Waals surface area contributed by atoms with Gasteiger partial charge in [0.25, 0.3) is 0 Å². The maximum Gasteiger partial charge on any atom is 0.158 e. The van der Waals surface area contributed by atoms with E-state index in [1.54, 1.807) is 41.5 Å². The summed E-state index contributed by atoms with van der Waals surface area (Å²) in [5.74, 6) is 0.224. The summed E-state index contributed by atoms with van der Waals surface area (Å²) in [6, 6.07) is 0. The second-order valence-corrected chi connectivity index (χ2v) is 18.5. The molecule has 2 fully saturated rings. The Morgan fingerprint density at radius 1 is 0.676 bits per heavy atom. The number of hydrogen-bond acceptors (Lipinski definition) is 6. The van der Waals surface area contributed by atoms with E-state index in [1.807, 2.05) is 0 Å². The number of aliphatic hydroxyl groups is 1. The monoisotopic (exact) mass is 521 g/mol. The van der Waals surface area contributed by atoms with Crippen LogP contribution in [0.1, 0.15) is 106 Å². The molecule has 0 aromatic rings. The summed E-state index contributed by atoms with van der Waals surface area (Å²) in [5, 5.41) is 8.46. The maximum absolute atomic E-state index is 13.3. The van der Waals surface area contributed by atoms with Crippen LogP contribution in [-0.2, 0) is 19.7 Å². The number of nitrogens with zero attached hydrogens (tertiary/aromatic N) is 1. The fraction of sp³-hybridized carbons (Fsp3) is 1.00. The molecule has 2 saturated carbocycles. The normalized spacial score (nSPS) is 27.1. The topological polar surface area (TPSA) is 91.8 Å². The standard InChI is InChI=1S/C26H51NO5S2/c1-25(2,3)33(29,30)23-15-11-13-21(23)19-27(17-9-7-8-10-18-28)20-22-14-12-16-24(22)34(31,32)26(4,5)6/h21-24,28H,7-20H2,1-6H3. The van der Waals surface area contributed by atoms with E-state index in [4.69, 9.17) is 5.11 Å². The second-order valence-electron chi connectivity index (χ2n) is 12.7. The van der Waals surface area contributed by atoms with Crippen molar-refractivity contribution in [3.05, 3.63) is 0 Å². The Hall–Kier alpha value is -0.180. The summed E-state index contributed by atoms with van der Waals surface area (Å²) in [6.45, 7) is 13.4. The smallest absolute Gasteiger partial charge is 0.158 e. The zero-order chi connectivity index (χ0) is 25.8. The Bertz CT molecular complexity index is 775. The van der Waals surface area contributed by atoms with Gasteiger partial charge in [-0.1, -0.05) is 25.7 Å². The number of sulfone groups is 2. The van der Waals surface area contributed by atoms with Crippen molar-refractivity contribution in [1.29, 1.82) is 0 Å². The quantitative estimate of drug-likeness (QED) is 0.377. The molecule has 0 radical (unpaired) electrons. The van der Waals surface area contributed by atoms with Crippen molar-refractivity contribution >= 4 is 19.7 Å². The van der Waals surface area contributed by atoms with Crippen molar-refractivity contribution in [1.82, 2.24) is 4.90 Å². The molecule has 2 aliphatic carbocycles. The molecule has 6 nitrogen and oxygen atoms in total. The predicted molar refractivity (Wildman–Crippen MR) is 142 cm³/mol. The Balaban J connectivity index is 2.18. The van der Waals surface area contributed by atoms with Gasteiger partial charge in [-0.2, -0.15) is 0 Å². The summed E-state index contributed by atoms with van der Waals surface area (Å²) in [6.07, 6.45) is 9.02. The third-order valence-corrected chi connectivity index (χ3v) is 14.3. The van der Waals surface area contributed by atoms with Gasteiger partial charge in [-0.3, -0.25) is 0 Å². The van der Waals surface area contributed by atoms with E-state index in [2.05, 4.69) is 4.90 Å². The first-order valence-corrected chi connectivity index (χ1v) is 16.5. The van der Waals surface area contributed by atoms with Crippen LogP contribution in [0.2, 0.25) is 0 Å². The van der Waals surface area contributed by atoms with E-state index >= 15 is 0 Å². The lowest BCUT2D eigenvalue weighted by molar-refractivity contribution is 0.195. The van der Waals surface area contributed by atoms with Crippen LogP contribution in [0.5, 0.6) is 0 Å². The summed E-state index contributed by atoms with van der Waals surface area (Å²) in [5.41, 5.74) is 0. The maximum atomic E-state index is 13.3. The molecule has 2 rings (SSSR count). The number of aliphatic hydroxyl groups excluding tert-OH is 1. The van der Waals surface area contributed by atoms with Crippen LogP contribution in [0.3, 0.4) is 0 Å². The van der Waals surface area contributed by atoms with Gasteiger partial charge in [-0.15, -0.1) is 0 Å². The van der Waals surface area contributed by atoms with Crippen LogP contribution < -0.4 is 0 Å². The van der Waals surface area contributed by atoms with E-state index < -0.39 is 29.2 Å². The zero-order valence-corrected chi connectivity index (χ0v) is 24.2. The Kier molecular flexibility index (Phi) is 10.5. The highest BCUT2D eigenvalue weighted by molar-refractivity contribution is 7.93. The minimum Gasteiger partial charge on any atom is -0.396 e. The largest absolute Gasteiger partial charge is 0.396 e. The first kappa shape index (κ1) is 30.0. The van der Waals surface area contributed by atoms with Crippen molar-refractivity contribution in [2.24, 2.45) is 11.8 Å². The number of unbranched alkanes of at least 4 members (excludes halogenated alkanes) is 3. The third kappa shape index (κ3) is 7.19. The molecular formula is C26H51NO5S2. The molecule has 202 valence electrons. The van der Waals surface area contributed by atoms with Gasteiger partial charge in [0.2, 0.25) is 0 Å². The van der Waals surface area contributed by atoms with Gasteiger partial charge in [0.05, 0.1) is 20.0 Å². The van der Waals surface area contributed by atoms with Gasteiger partial charge in [0.1, 0.15) is 0 Å². The molecule has 34 heavy (non-hydrogen) atoms. The lowest BCUT2D eigenvalue weighted by Crippen LogP contribution is -2.46. The summed E-state index contributed by atoms with van der Waals surface area (Å²) in [7, 11) is -6.47. The fourth-order valence-electron chi connectivity index (χ4n) is 5.87. The van der Waals surface area contributed by atoms with Crippen molar-refractivity contribution in [3.8, 4) is 0 Å². The van der Waals surface area contributed by atoms with Gasteiger partial charge in [-0.05, 0) is 98.4 Å². The van der Waals surface area contributed by atoms with E-state index in [0.29, 0.717) is 0 Å². The van der Waals surface area contributed by atoms with Gasteiger partial charge >= 0.3 is 0 Å². The molecule has 0 aliphatic heterocycles. The molecule has 0 aromatic carbocycles. The van der Waals surface area contributed by atoms with Crippen molar-refractivity contribution in [2.45, 2.75) is 126 Å². The zero-order valence-electron chi connectivity index (χ0n) is 22.6. The Labute approximate surface area is 210 Å². The van der Waals surface area contributed by atoms with Crippen LogP contribution in [-0.4, -0.2) is 73.1 Å². The molecule has 2 aliphatic rings. The highest BCUT2D eigenvalue weighted by atomic mass is 32.2. The van der Waals surface area contributed by atoms with Crippen LogP contribution in [0.25, 0.3) is 0 Å². The SMILES string of the molecule is CC(C)(C)S(=O)(=O)C1CCCC1CN(CCCCCCO)CC1CCCC1S(=O)(=O)C(C)(C)C. The lowest BCUT2D eigenvalue weighted by atomic mass is 10.0. The van der Waals surface area contributed by atoms with Gasteiger partial charge in [0, 0.05) is 19.7 Å². The van der Waals surface area contributed by atoms with E-state index in [-0.39, 0.29) is 28.9 Å². The van der Waals surface area contributed by atoms with Crippen molar-refractivity contribution < 1.29 is 21.9 Å². The number of rotatable bonds is 12. The Morgan fingerprint density at radius 2 is 1.09 bits per heavy atom. The molecule has 0 spiro atoms. The fourth-order valence-corrected chi connectivity index (χ4v) is 10.1. The average Bonchev–Trinajstić information content (AvgIpc) is 3.36. The van der Waals surface area contributed by atoms with E-state index in [0.717, 1.165) is 83.8 Å². The molecule has 8 heteroatoms. The summed E-state index contributed by atoms with van der Waals surface area (Å²) >= 11 is 0. The average molecular weight is 522 g/mol. The van der Waals surface area contributed by atoms with Crippen molar-refractivity contribution in [2.75, 3.05) is 26.2 Å². The molecule has 4 atom stereocenters. The van der Waals surface area contributed by atoms with Gasteiger partial charge in [-0.25, -0.2) is 16.8 Å². The molecule has 0 bridgehead atoms. The third-order valence-electron chi connectivity index (χ3n) is 8.05. The molecule has 0 heterocycles. The highest BCUT2D eigenvalue weighted by Gasteiger charge is 2.46. The molecule has 1 N–H and O–H groups in total. The Morgan fingerprint density at radius 3 is 1.47 bits per heavy atom. The van der Waals surface area contributed by atoms with Gasteiger partial charge in [0.15, 0.2) is 19.7 Å². The van der Waals surface area contributed by atoms with Crippen LogP contribution in [0.15, 0.2) is 0 Å². The molecule has 4 unspecified atom stereocenters. The second kappa shape index (κ2) is 11.9. The molecule has 0 saturated heterocycles. The van der Waals surface area contributed by atoms with E-state index in [9.17, 15) is 16.8 Å². The predicted octanol–water partition coefficient (Wildman–Crippen LogP) is 4.61. The lowest BCUT2D eigenvalue weighted by Gasteiger charge is -2.35. The highest BCUT2D eigenvalue weighted by Crippen LogP contribution is 2.39. The van der Waals surface area contributed by atoms with E-state index in [1.165, 1.54) is 0 Å². The first-order chi connectivity index (χ1) is 15.6. The molecular weight excluding hydrogens is 470 g/mol. The summed E-state index contributed by atoms with van der Waals surface area (Å²) in [4.78, 5) is 2.39. The molecule has 0 aromatic heterocycles. The minimum atomic E-state index is -3.23. The minimum absolute atomic E-state index is 0.112. The van der Waals surface area contributed by atoms with Crippen molar-refractivity contribution in [3.63, 3.8) is 0 Å².